The number of hydrogen-bond acceptors (Lipinski definition) is 7. The van der Waals surface area contributed by atoms with E-state index in [0.29, 0.717) is 17.8 Å². The number of ether oxygens (including phenoxy) is 3. The molecule has 2 unspecified atom stereocenters. The lowest BCUT2D eigenvalue weighted by Gasteiger charge is -2.39. The van der Waals surface area contributed by atoms with E-state index in [-0.39, 0.29) is 36.9 Å². The monoisotopic (exact) mass is 567 g/mol. The molecule has 0 bridgehead atoms. The molecule has 3 rings (SSSR count). The lowest BCUT2D eigenvalue weighted by molar-refractivity contribution is -0.137. The second kappa shape index (κ2) is 12.3. The van der Waals surface area contributed by atoms with Gasteiger partial charge in [-0.25, -0.2) is 9.78 Å². The largest absolute Gasteiger partial charge is 0.464 e. The molecule has 15 heteroatoms. The van der Waals surface area contributed by atoms with Gasteiger partial charge in [0.1, 0.15) is 5.02 Å². The number of halogens is 4. The molecule has 0 radical (unpaired) electrons. The molecule has 204 valence electrons. The Morgan fingerprint density at radius 1 is 1.27 bits per heavy atom. The van der Waals surface area contributed by atoms with E-state index in [4.69, 9.17) is 25.8 Å². The molecule has 1 N–H and O–H groups in total. The molecule has 0 saturated carbocycles. The van der Waals surface area contributed by atoms with Crippen molar-refractivity contribution in [3.8, 4) is 5.88 Å². The van der Waals surface area contributed by atoms with Crippen molar-refractivity contribution in [3.63, 3.8) is 0 Å². The van der Waals surface area contributed by atoms with Crippen LogP contribution in [0.4, 0.5) is 18.0 Å². The van der Waals surface area contributed by atoms with Crippen molar-refractivity contribution in [1.82, 2.24) is 13.6 Å². The fourth-order valence-corrected chi connectivity index (χ4v) is 5.35. The topological polar surface area (TPSA) is 119 Å². The minimum atomic E-state index is -4.70. The Balaban J connectivity index is 1.91. The molecular formula is C22H25ClF3N3O7S. The predicted octanol–water partition coefficient (Wildman–Crippen LogP) is 4.01. The zero-order chi connectivity index (χ0) is 27.2. The number of benzene rings is 1. The summed E-state index contributed by atoms with van der Waals surface area (Å²) < 4.78 is 83.4. The number of carboxylic acid groups (broad SMARTS) is 1. The standard InChI is InChI=1S/C22H25ClF3N3O7S/c1-34-9-10-35-17-7-8-28(37(32,33)29(21(30)31)14-15-5-3-2-4-6-15)19(12-17)36-20-18(23)11-16(13-27-20)22(24,25)26/h2-6,11,13,17,19H,7-10,12,14H2,1H3,(H,30,31). The molecule has 2 heterocycles. The molecule has 1 aliphatic heterocycles. The van der Waals surface area contributed by atoms with Gasteiger partial charge in [-0.05, 0) is 18.1 Å². The Morgan fingerprint density at radius 2 is 1.97 bits per heavy atom. The molecule has 0 aliphatic carbocycles. The van der Waals surface area contributed by atoms with E-state index in [1.54, 1.807) is 30.3 Å². The smallest absolute Gasteiger partial charge is 0.422 e. The number of pyridine rings is 1. The lowest BCUT2D eigenvalue weighted by Crippen LogP contribution is -2.56. The average Bonchev–Trinajstić information content (AvgIpc) is 2.83. The SMILES string of the molecule is COCCOC1CCN(S(=O)(=O)N(Cc2ccccc2)C(=O)O)C(Oc2ncc(C(F)(F)F)cc2Cl)C1. The van der Waals surface area contributed by atoms with Crippen LogP contribution in [0.2, 0.25) is 5.02 Å². The summed E-state index contributed by atoms with van der Waals surface area (Å²) in [7, 11) is -3.19. The number of piperidine rings is 1. The Labute approximate surface area is 216 Å². The first kappa shape index (κ1) is 28.9. The zero-order valence-corrected chi connectivity index (χ0v) is 21.2. The van der Waals surface area contributed by atoms with Crippen LogP contribution in [0, 0.1) is 0 Å². The van der Waals surface area contributed by atoms with Crippen LogP contribution in [-0.4, -0.2) is 72.4 Å². The number of methoxy groups -OCH3 is 1. The zero-order valence-electron chi connectivity index (χ0n) is 19.6. The summed E-state index contributed by atoms with van der Waals surface area (Å²) >= 11 is 5.97. The molecule has 1 aromatic heterocycles. The quantitative estimate of drug-likeness (QED) is 0.428. The summed E-state index contributed by atoms with van der Waals surface area (Å²) in [6, 6.07) is 8.71. The van der Waals surface area contributed by atoms with Crippen molar-refractivity contribution < 1.29 is 45.7 Å². The predicted molar refractivity (Wildman–Crippen MR) is 125 cm³/mol. The number of amides is 1. The van der Waals surface area contributed by atoms with Crippen LogP contribution < -0.4 is 4.74 Å². The van der Waals surface area contributed by atoms with E-state index in [9.17, 15) is 31.5 Å². The molecule has 1 fully saturated rings. The first-order chi connectivity index (χ1) is 17.4. The van der Waals surface area contributed by atoms with Gasteiger partial charge in [0.05, 0.1) is 31.4 Å². The maximum absolute atomic E-state index is 13.5. The van der Waals surface area contributed by atoms with Crippen LogP contribution in [0.3, 0.4) is 0 Å². The third-order valence-electron chi connectivity index (χ3n) is 5.44. The summed E-state index contributed by atoms with van der Waals surface area (Å²) in [6.45, 7) is -0.175. The third-order valence-corrected chi connectivity index (χ3v) is 7.56. The summed E-state index contributed by atoms with van der Waals surface area (Å²) in [5, 5.41) is 9.23. The number of nitrogens with zero attached hydrogens (tertiary/aromatic N) is 3. The van der Waals surface area contributed by atoms with Crippen LogP contribution >= 0.6 is 11.6 Å². The summed E-state index contributed by atoms with van der Waals surface area (Å²) in [5.41, 5.74) is -0.685. The average molecular weight is 568 g/mol. The highest BCUT2D eigenvalue weighted by Crippen LogP contribution is 2.35. The number of aromatic nitrogens is 1. The summed E-state index contributed by atoms with van der Waals surface area (Å²) in [5.74, 6) is -0.442. The van der Waals surface area contributed by atoms with Gasteiger partial charge in [0.25, 0.3) is 0 Å². The summed E-state index contributed by atoms with van der Waals surface area (Å²) in [6.07, 6.45) is -7.65. The molecular weight excluding hydrogens is 543 g/mol. The van der Waals surface area contributed by atoms with Gasteiger partial charge in [0, 0.05) is 26.3 Å². The second-order valence-electron chi connectivity index (χ2n) is 7.98. The van der Waals surface area contributed by atoms with Crippen molar-refractivity contribution in [2.24, 2.45) is 0 Å². The van der Waals surface area contributed by atoms with E-state index in [2.05, 4.69) is 4.98 Å². The van der Waals surface area contributed by atoms with Gasteiger partial charge in [-0.15, -0.1) is 4.31 Å². The van der Waals surface area contributed by atoms with E-state index in [1.165, 1.54) is 7.11 Å². The molecule has 1 saturated heterocycles. The van der Waals surface area contributed by atoms with E-state index in [1.807, 2.05) is 0 Å². The van der Waals surface area contributed by atoms with Gasteiger partial charge in [-0.1, -0.05) is 41.9 Å². The minimum absolute atomic E-state index is 0.0687. The normalized spacial score (nSPS) is 18.9. The molecule has 1 amide bonds. The second-order valence-corrected chi connectivity index (χ2v) is 10.2. The molecule has 2 atom stereocenters. The van der Waals surface area contributed by atoms with Crippen molar-refractivity contribution in [3.05, 3.63) is 58.7 Å². The molecule has 1 aromatic carbocycles. The first-order valence-corrected chi connectivity index (χ1v) is 12.8. The fourth-order valence-electron chi connectivity index (χ4n) is 3.62. The first-order valence-electron chi connectivity index (χ1n) is 11.0. The maximum Gasteiger partial charge on any atom is 0.422 e. The Morgan fingerprint density at radius 3 is 2.57 bits per heavy atom. The lowest BCUT2D eigenvalue weighted by atomic mass is 10.1. The van der Waals surface area contributed by atoms with E-state index >= 15 is 0 Å². The number of alkyl halides is 3. The fraction of sp³-hybridized carbons (Fsp3) is 0.455. The summed E-state index contributed by atoms with van der Waals surface area (Å²) in [4.78, 5) is 15.6. The highest BCUT2D eigenvalue weighted by Gasteiger charge is 2.43. The van der Waals surface area contributed by atoms with Gasteiger partial charge in [0.2, 0.25) is 5.88 Å². The van der Waals surface area contributed by atoms with E-state index in [0.717, 1.165) is 4.31 Å². The van der Waals surface area contributed by atoms with Gasteiger partial charge in [-0.2, -0.15) is 25.9 Å². The van der Waals surface area contributed by atoms with Gasteiger partial charge in [0.15, 0.2) is 6.23 Å². The Hall–Kier alpha value is -2.65. The maximum atomic E-state index is 13.5. The van der Waals surface area contributed by atoms with Crippen LogP contribution in [-0.2, 0) is 32.4 Å². The van der Waals surface area contributed by atoms with Gasteiger partial charge in [-0.3, -0.25) is 0 Å². The highest BCUT2D eigenvalue weighted by molar-refractivity contribution is 7.87. The molecule has 1 aliphatic rings. The van der Waals surface area contributed by atoms with Gasteiger partial charge < -0.3 is 19.3 Å². The number of carbonyl (C=O) groups is 1. The van der Waals surface area contributed by atoms with Crippen LogP contribution in [0.15, 0.2) is 42.6 Å². The molecule has 10 nitrogen and oxygen atoms in total. The molecule has 2 aromatic rings. The van der Waals surface area contributed by atoms with Crippen LogP contribution in [0.25, 0.3) is 0 Å². The van der Waals surface area contributed by atoms with Gasteiger partial charge >= 0.3 is 22.5 Å². The van der Waals surface area contributed by atoms with Crippen LogP contribution in [0.5, 0.6) is 5.88 Å². The minimum Gasteiger partial charge on any atom is -0.464 e. The Bertz CT molecular complexity index is 1170. The third kappa shape index (κ3) is 7.45. The van der Waals surface area contributed by atoms with E-state index < -0.39 is 57.8 Å². The van der Waals surface area contributed by atoms with Crippen molar-refractivity contribution in [1.29, 1.82) is 0 Å². The Kier molecular flexibility index (Phi) is 9.58. The van der Waals surface area contributed by atoms with Crippen molar-refractivity contribution >= 4 is 27.9 Å². The van der Waals surface area contributed by atoms with Crippen LogP contribution in [0.1, 0.15) is 24.0 Å². The number of rotatable bonds is 10. The number of hydrogen-bond donors (Lipinski definition) is 1. The molecule has 37 heavy (non-hydrogen) atoms. The molecule has 0 spiro atoms. The highest BCUT2D eigenvalue weighted by atomic mass is 35.5. The van der Waals surface area contributed by atoms with Crippen molar-refractivity contribution in [2.45, 2.75) is 37.9 Å². The van der Waals surface area contributed by atoms with Crippen molar-refractivity contribution in [2.75, 3.05) is 26.9 Å².